The Morgan fingerprint density at radius 1 is 1.39 bits per heavy atom. The highest BCUT2D eigenvalue weighted by molar-refractivity contribution is 6.30. The molecule has 94 valence electrons. The van der Waals surface area contributed by atoms with Gasteiger partial charge in [0.2, 0.25) is 5.82 Å². The van der Waals surface area contributed by atoms with Gasteiger partial charge >= 0.3 is 0 Å². The van der Waals surface area contributed by atoms with Crippen LogP contribution < -0.4 is 5.32 Å². The Bertz CT molecular complexity index is 522. The fourth-order valence-corrected chi connectivity index (χ4v) is 1.82. The van der Waals surface area contributed by atoms with E-state index in [1.165, 1.54) is 0 Å². The first-order valence-electron chi connectivity index (χ1n) is 5.61. The maximum absolute atomic E-state index is 5.77. The number of rotatable bonds is 2. The molecule has 0 amide bonds. The molecular formula is C11H11ClN4O2. The van der Waals surface area contributed by atoms with Crippen LogP contribution in [0.2, 0.25) is 5.02 Å². The lowest BCUT2D eigenvalue weighted by Crippen LogP contribution is -2.33. The SMILES string of the molecule is Clc1ccc(-c2nc(C3CNCCO3)no2)nc1. The van der Waals surface area contributed by atoms with E-state index < -0.39 is 0 Å². The van der Waals surface area contributed by atoms with E-state index >= 15 is 0 Å². The number of pyridine rings is 1. The minimum Gasteiger partial charge on any atom is -0.367 e. The quantitative estimate of drug-likeness (QED) is 0.887. The van der Waals surface area contributed by atoms with E-state index in [1.807, 2.05) is 0 Å². The molecule has 1 unspecified atom stereocenters. The smallest absolute Gasteiger partial charge is 0.276 e. The van der Waals surface area contributed by atoms with Gasteiger partial charge < -0.3 is 14.6 Å². The van der Waals surface area contributed by atoms with Gasteiger partial charge in [0.05, 0.1) is 11.6 Å². The van der Waals surface area contributed by atoms with Gasteiger partial charge in [-0.05, 0) is 12.1 Å². The normalized spacial score (nSPS) is 19.9. The predicted molar refractivity (Wildman–Crippen MR) is 64.1 cm³/mol. The maximum Gasteiger partial charge on any atom is 0.276 e. The summed E-state index contributed by atoms with van der Waals surface area (Å²) < 4.78 is 10.7. The van der Waals surface area contributed by atoms with Crippen LogP contribution in [0.25, 0.3) is 11.6 Å². The summed E-state index contributed by atoms with van der Waals surface area (Å²) in [4.78, 5) is 8.41. The average Bonchev–Trinajstić information content (AvgIpc) is 2.90. The summed E-state index contributed by atoms with van der Waals surface area (Å²) in [7, 11) is 0. The number of aromatic nitrogens is 3. The van der Waals surface area contributed by atoms with Crippen LogP contribution >= 0.6 is 11.6 Å². The molecule has 1 atom stereocenters. The molecule has 6 nitrogen and oxygen atoms in total. The summed E-state index contributed by atoms with van der Waals surface area (Å²) in [5.74, 6) is 0.907. The minimum absolute atomic E-state index is 0.163. The van der Waals surface area contributed by atoms with Crippen molar-refractivity contribution in [3.8, 4) is 11.6 Å². The Kier molecular flexibility index (Phi) is 3.22. The first-order valence-corrected chi connectivity index (χ1v) is 5.98. The van der Waals surface area contributed by atoms with Gasteiger partial charge in [0.25, 0.3) is 5.89 Å². The number of hydrogen-bond acceptors (Lipinski definition) is 6. The molecule has 2 aromatic rings. The largest absolute Gasteiger partial charge is 0.367 e. The second-order valence-electron chi connectivity index (χ2n) is 3.88. The van der Waals surface area contributed by atoms with Crippen LogP contribution in [0.3, 0.4) is 0 Å². The van der Waals surface area contributed by atoms with Crippen LogP contribution in [0, 0.1) is 0 Å². The van der Waals surface area contributed by atoms with E-state index in [2.05, 4.69) is 20.4 Å². The van der Waals surface area contributed by atoms with Crippen LogP contribution in [-0.4, -0.2) is 34.8 Å². The predicted octanol–water partition coefficient (Wildman–Crippen LogP) is 1.45. The van der Waals surface area contributed by atoms with Crippen LogP contribution in [0.5, 0.6) is 0 Å². The van der Waals surface area contributed by atoms with Crippen molar-refractivity contribution in [2.75, 3.05) is 19.7 Å². The van der Waals surface area contributed by atoms with Gasteiger partial charge in [-0.15, -0.1) is 0 Å². The first-order chi connectivity index (χ1) is 8.83. The third-order valence-corrected chi connectivity index (χ3v) is 2.83. The summed E-state index contributed by atoms with van der Waals surface area (Å²) in [6.07, 6.45) is 1.38. The molecule has 18 heavy (non-hydrogen) atoms. The van der Waals surface area contributed by atoms with Gasteiger partial charge in [-0.3, -0.25) is 0 Å². The highest BCUT2D eigenvalue weighted by Crippen LogP contribution is 2.21. The van der Waals surface area contributed by atoms with E-state index in [-0.39, 0.29) is 6.10 Å². The number of hydrogen-bond donors (Lipinski definition) is 1. The third kappa shape index (κ3) is 2.35. The molecule has 0 saturated carbocycles. The third-order valence-electron chi connectivity index (χ3n) is 2.60. The number of halogens is 1. The number of nitrogens with zero attached hydrogens (tertiary/aromatic N) is 3. The van der Waals surface area contributed by atoms with Gasteiger partial charge in [-0.1, -0.05) is 16.8 Å². The molecule has 1 aliphatic rings. The minimum atomic E-state index is -0.163. The molecular weight excluding hydrogens is 256 g/mol. The van der Waals surface area contributed by atoms with Crippen LogP contribution in [0.15, 0.2) is 22.9 Å². The van der Waals surface area contributed by atoms with E-state index in [9.17, 15) is 0 Å². The summed E-state index contributed by atoms with van der Waals surface area (Å²) >= 11 is 5.77. The molecule has 7 heteroatoms. The standard InChI is InChI=1S/C11H11ClN4O2/c12-7-1-2-8(14-5-7)11-15-10(16-18-11)9-6-13-3-4-17-9/h1-2,5,9,13H,3-4,6H2. The Balaban J connectivity index is 1.82. The van der Waals surface area contributed by atoms with Gasteiger partial charge in [-0.25, -0.2) is 4.98 Å². The summed E-state index contributed by atoms with van der Waals surface area (Å²) in [6.45, 7) is 2.18. The van der Waals surface area contributed by atoms with Crippen molar-refractivity contribution in [2.45, 2.75) is 6.10 Å². The number of morpholine rings is 1. The lowest BCUT2D eigenvalue weighted by atomic mass is 10.3. The molecule has 0 bridgehead atoms. The Morgan fingerprint density at radius 3 is 3.06 bits per heavy atom. The molecule has 1 saturated heterocycles. The molecule has 0 spiro atoms. The van der Waals surface area contributed by atoms with Crippen molar-refractivity contribution < 1.29 is 9.26 Å². The van der Waals surface area contributed by atoms with Crippen LogP contribution in [0.4, 0.5) is 0 Å². The zero-order valence-electron chi connectivity index (χ0n) is 9.47. The molecule has 1 N–H and O–H groups in total. The fourth-order valence-electron chi connectivity index (χ4n) is 1.70. The van der Waals surface area contributed by atoms with Gasteiger partial charge in [0.15, 0.2) is 0 Å². The number of ether oxygens (including phenoxy) is 1. The van der Waals surface area contributed by atoms with Crippen molar-refractivity contribution in [3.63, 3.8) is 0 Å². The molecule has 3 rings (SSSR count). The molecule has 3 heterocycles. The summed E-state index contributed by atoms with van der Waals surface area (Å²) in [5.41, 5.74) is 0.599. The van der Waals surface area contributed by atoms with Crippen LogP contribution in [-0.2, 0) is 4.74 Å². The molecule has 0 aliphatic carbocycles. The molecule has 0 radical (unpaired) electrons. The van der Waals surface area contributed by atoms with Crippen LogP contribution in [0.1, 0.15) is 11.9 Å². The van der Waals surface area contributed by atoms with E-state index in [1.54, 1.807) is 18.3 Å². The van der Waals surface area contributed by atoms with Gasteiger partial charge in [0, 0.05) is 19.3 Å². The van der Waals surface area contributed by atoms with Crippen molar-refractivity contribution in [1.29, 1.82) is 0 Å². The summed E-state index contributed by atoms with van der Waals surface area (Å²) in [5, 5.41) is 7.69. The lowest BCUT2D eigenvalue weighted by Gasteiger charge is -2.20. The lowest BCUT2D eigenvalue weighted by molar-refractivity contribution is 0.0208. The van der Waals surface area contributed by atoms with E-state index in [0.717, 1.165) is 6.54 Å². The Morgan fingerprint density at radius 2 is 2.33 bits per heavy atom. The topological polar surface area (TPSA) is 73.1 Å². The molecule has 1 fully saturated rings. The Labute approximate surface area is 108 Å². The second-order valence-corrected chi connectivity index (χ2v) is 4.32. The number of nitrogens with one attached hydrogen (secondary N) is 1. The zero-order valence-corrected chi connectivity index (χ0v) is 10.2. The van der Waals surface area contributed by atoms with Crippen molar-refractivity contribution >= 4 is 11.6 Å². The van der Waals surface area contributed by atoms with Crippen molar-refractivity contribution in [2.24, 2.45) is 0 Å². The highest BCUT2D eigenvalue weighted by Gasteiger charge is 2.22. The van der Waals surface area contributed by atoms with Gasteiger partial charge in [-0.2, -0.15) is 4.98 Å². The van der Waals surface area contributed by atoms with E-state index in [0.29, 0.717) is 35.6 Å². The molecule has 2 aromatic heterocycles. The highest BCUT2D eigenvalue weighted by atomic mass is 35.5. The monoisotopic (exact) mass is 266 g/mol. The average molecular weight is 267 g/mol. The Hall–Kier alpha value is -1.50. The fraction of sp³-hybridized carbons (Fsp3) is 0.364. The van der Waals surface area contributed by atoms with Crippen molar-refractivity contribution in [1.82, 2.24) is 20.4 Å². The van der Waals surface area contributed by atoms with Crippen molar-refractivity contribution in [3.05, 3.63) is 29.2 Å². The zero-order chi connectivity index (χ0) is 12.4. The van der Waals surface area contributed by atoms with Gasteiger partial charge in [0.1, 0.15) is 11.8 Å². The summed E-state index contributed by atoms with van der Waals surface area (Å²) in [6, 6.07) is 3.46. The molecule has 0 aromatic carbocycles. The second kappa shape index (κ2) is 5.01. The molecule has 1 aliphatic heterocycles. The first kappa shape index (κ1) is 11.6. The van der Waals surface area contributed by atoms with E-state index in [4.69, 9.17) is 20.9 Å². The maximum atomic E-state index is 5.77.